The molecule has 0 radical (unpaired) electrons. The van der Waals surface area contributed by atoms with Crippen molar-refractivity contribution in [2.45, 2.75) is 26.8 Å². The smallest absolute Gasteiger partial charge is 0.338 e. The highest BCUT2D eigenvalue weighted by atomic mass is 16.5. The molecule has 0 saturated heterocycles. The SMILES string of the molecule is COC(=O)c1ccccc1-c1ccc(/C=N\NC(=O)C(NC(=O)c2ccc(C)cc2)C(C)C)o1. The quantitative estimate of drug-likeness (QED) is 0.300. The number of nitrogens with zero attached hydrogens (tertiary/aromatic N) is 1. The maximum absolute atomic E-state index is 12.7. The van der Waals surface area contributed by atoms with Gasteiger partial charge in [0.1, 0.15) is 17.6 Å². The number of hydrogen-bond donors (Lipinski definition) is 2. The van der Waals surface area contributed by atoms with Crippen molar-refractivity contribution in [2.24, 2.45) is 11.0 Å². The van der Waals surface area contributed by atoms with Gasteiger partial charge < -0.3 is 14.5 Å². The van der Waals surface area contributed by atoms with Crippen molar-refractivity contribution in [1.29, 1.82) is 0 Å². The van der Waals surface area contributed by atoms with Crippen molar-refractivity contribution >= 4 is 24.0 Å². The standard InChI is InChI=1S/C26H27N3O5/c1-16(2)23(28-24(30)18-11-9-17(3)10-12-18)25(31)29-27-15-19-13-14-22(34-19)20-7-5-6-8-21(20)26(32)33-4/h5-16,23H,1-4H3,(H,28,30)(H,29,31)/b27-15-. The number of hydrazone groups is 1. The lowest BCUT2D eigenvalue weighted by atomic mass is 10.0. The van der Waals surface area contributed by atoms with Gasteiger partial charge in [0, 0.05) is 11.1 Å². The van der Waals surface area contributed by atoms with Crippen molar-refractivity contribution in [3.05, 3.63) is 83.1 Å². The van der Waals surface area contributed by atoms with E-state index in [-0.39, 0.29) is 11.8 Å². The third-order valence-corrected chi connectivity index (χ3v) is 5.14. The molecule has 0 aliphatic carbocycles. The van der Waals surface area contributed by atoms with E-state index in [1.165, 1.54) is 13.3 Å². The molecule has 1 aromatic heterocycles. The molecule has 2 aromatic carbocycles. The Kier molecular flexibility index (Phi) is 7.97. The Morgan fingerprint density at radius 3 is 2.38 bits per heavy atom. The highest BCUT2D eigenvalue weighted by Crippen LogP contribution is 2.26. The fourth-order valence-corrected chi connectivity index (χ4v) is 3.25. The number of ether oxygens (including phenoxy) is 1. The van der Waals surface area contributed by atoms with Crippen LogP contribution in [0, 0.1) is 12.8 Å². The van der Waals surface area contributed by atoms with Gasteiger partial charge in [0.05, 0.1) is 18.9 Å². The molecule has 0 saturated carbocycles. The second-order valence-electron chi connectivity index (χ2n) is 8.03. The van der Waals surface area contributed by atoms with Crippen molar-refractivity contribution in [1.82, 2.24) is 10.7 Å². The van der Waals surface area contributed by atoms with Crippen LogP contribution in [-0.2, 0) is 9.53 Å². The van der Waals surface area contributed by atoms with Gasteiger partial charge in [-0.15, -0.1) is 0 Å². The number of aryl methyl sites for hydroxylation is 1. The van der Waals surface area contributed by atoms with Gasteiger partial charge in [0.2, 0.25) is 0 Å². The van der Waals surface area contributed by atoms with Gasteiger partial charge in [-0.05, 0) is 43.2 Å². The lowest BCUT2D eigenvalue weighted by Crippen LogP contribution is -2.48. The summed E-state index contributed by atoms with van der Waals surface area (Å²) >= 11 is 0. The van der Waals surface area contributed by atoms with E-state index in [0.717, 1.165) is 5.56 Å². The van der Waals surface area contributed by atoms with E-state index in [0.29, 0.717) is 28.2 Å². The van der Waals surface area contributed by atoms with E-state index in [9.17, 15) is 14.4 Å². The normalized spacial score (nSPS) is 11.9. The summed E-state index contributed by atoms with van der Waals surface area (Å²) in [6, 6.07) is 16.6. The second kappa shape index (κ2) is 11.1. The summed E-state index contributed by atoms with van der Waals surface area (Å²) in [5.74, 6) is -0.581. The maximum atomic E-state index is 12.7. The summed E-state index contributed by atoms with van der Waals surface area (Å²) in [6.45, 7) is 5.60. The molecular formula is C26H27N3O5. The van der Waals surface area contributed by atoms with Crippen LogP contribution < -0.4 is 10.7 Å². The lowest BCUT2D eigenvalue weighted by molar-refractivity contribution is -0.123. The first-order valence-electron chi connectivity index (χ1n) is 10.8. The number of nitrogens with one attached hydrogen (secondary N) is 2. The van der Waals surface area contributed by atoms with E-state index in [1.54, 1.807) is 48.5 Å². The molecular weight excluding hydrogens is 434 g/mol. The first-order chi connectivity index (χ1) is 16.3. The van der Waals surface area contributed by atoms with Crippen molar-refractivity contribution < 1.29 is 23.5 Å². The summed E-state index contributed by atoms with van der Waals surface area (Å²) in [5, 5.41) is 6.71. The van der Waals surface area contributed by atoms with Gasteiger partial charge >= 0.3 is 5.97 Å². The van der Waals surface area contributed by atoms with Crippen LogP contribution in [0.15, 0.2) is 70.2 Å². The monoisotopic (exact) mass is 461 g/mol. The first kappa shape index (κ1) is 24.4. The number of esters is 1. The molecule has 176 valence electrons. The third kappa shape index (κ3) is 5.98. The van der Waals surface area contributed by atoms with Gasteiger partial charge in [-0.2, -0.15) is 5.10 Å². The number of furan rings is 1. The molecule has 0 aliphatic heterocycles. The molecule has 0 spiro atoms. The molecule has 3 aromatic rings. The predicted molar refractivity (Wildman–Crippen MR) is 128 cm³/mol. The van der Waals surface area contributed by atoms with Crippen LogP contribution in [0.2, 0.25) is 0 Å². The van der Waals surface area contributed by atoms with Gasteiger partial charge in [0.15, 0.2) is 0 Å². The number of carbonyl (C=O) groups is 3. The molecule has 0 aliphatic rings. The molecule has 0 fully saturated rings. The van der Waals surface area contributed by atoms with Crippen LogP contribution in [0.25, 0.3) is 11.3 Å². The maximum Gasteiger partial charge on any atom is 0.338 e. The van der Waals surface area contributed by atoms with Crippen LogP contribution in [0.1, 0.15) is 45.9 Å². The Balaban J connectivity index is 1.66. The van der Waals surface area contributed by atoms with Crippen LogP contribution in [0.3, 0.4) is 0 Å². The summed E-state index contributed by atoms with van der Waals surface area (Å²) < 4.78 is 10.6. The summed E-state index contributed by atoms with van der Waals surface area (Å²) in [4.78, 5) is 37.2. The number of carbonyl (C=O) groups excluding carboxylic acids is 3. The summed E-state index contributed by atoms with van der Waals surface area (Å²) in [7, 11) is 1.32. The van der Waals surface area contributed by atoms with E-state index >= 15 is 0 Å². The number of rotatable bonds is 8. The molecule has 2 N–H and O–H groups in total. The minimum Gasteiger partial charge on any atom is -0.465 e. The molecule has 8 nitrogen and oxygen atoms in total. The Hall–Kier alpha value is -4.20. The molecule has 1 unspecified atom stereocenters. The van der Waals surface area contributed by atoms with Crippen molar-refractivity contribution in [3.63, 3.8) is 0 Å². The number of amides is 2. The van der Waals surface area contributed by atoms with Gasteiger partial charge in [-0.1, -0.05) is 49.7 Å². The van der Waals surface area contributed by atoms with E-state index in [4.69, 9.17) is 9.15 Å². The Labute approximate surface area is 198 Å². The molecule has 3 rings (SSSR count). The zero-order chi connectivity index (χ0) is 24.7. The average molecular weight is 462 g/mol. The number of methoxy groups -OCH3 is 1. The van der Waals surface area contributed by atoms with E-state index < -0.39 is 17.9 Å². The van der Waals surface area contributed by atoms with Crippen molar-refractivity contribution in [3.8, 4) is 11.3 Å². The Bertz CT molecular complexity index is 1200. The molecule has 0 bridgehead atoms. The highest BCUT2D eigenvalue weighted by molar-refractivity contribution is 5.98. The first-order valence-corrected chi connectivity index (χ1v) is 10.8. The van der Waals surface area contributed by atoms with Crippen LogP contribution in [0.5, 0.6) is 0 Å². The van der Waals surface area contributed by atoms with Crippen LogP contribution in [0.4, 0.5) is 0 Å². The molecule has 1 atom stereocenters. The summed E-state index contributed by atoms with van der Waals surface area (Å²) in [5.41, 5.74) is 4.92. The topological polar surface area (TPSA) is 110 Å². The minimum atomic E-state index is -0.773. The Morgan fingerprint density at radius 2 is 1.71 bits per heavy atom. The second-order valence-corrected chi connectivity index (χ2v) is 8.03. The summed E-state index contributed by atoms with van der Waals surface area (Å²) in [6.07, 6.45) is 1.35. The van der Waals surface area contributed by atoms with Gasteiger partial charge in [-0.25, -0.2) is 10.2 Å². The van der Waals surface area contributed by atoms with Crippen molar-refractivity contribution in [2.75, 3.05) is 7.11 Å². The molecule has 34 heavy (non-hydrogen) atoms. The van der Waals surface area contributed by atoms with Crippen LogP contribution in [-0.4, -0.2) is 37.1 Å². The average Bonchev–Trinajstić information content (AvgIpc) is 3.30. The number of hydrogen-bond acceptors (Lipinski definition) is 6. The zero-order valence-corrected chi connectivity index (χ0v) is 19.5. The lowest BCUT2D eigenvalue weighted by Gasteiger charge is -2.20. The minimum absolute atomic E-state index is 0.158. The predicted octanol–water partition coefficient (Wildman–Crippen LogP) is 3.95. The third-order valence-electron chi connectivity index (χ3n) is 5.14. The molecule has 1 heterocycles. The number of benzene rings is 2. The fraction of sp³-hybridized carbons (Fsp3) is 0.231. The van der Waals surface area contributed by atoms with Gasteiger partial charge in [-0.3, -0.25) is 9.59 Å². The van der Waals surface area contributed by atoms with E-state index in [1.807, 2.05) is 32.9 Å². The fourth-order valence-electron chi connectivity index (χ4n) is 3.25. The molecule has 2 amide bonds. The highest BCUT2D eigenvalue weighted by Gasteiger charge is 2.24. The molecule has 8 heteroatoms. The Morgan fingerprint density at radius 1 is 1.00 bits per heavy atom. The largest absolute Gasteiger partial charge is 0.465 e. The van der Waals surface area contributed by atoms with E-state index in [2.05, 4.69) is 15.8 Å². The van der Waals surface area contributed by atoms with Crippen LogP contribution >= 0.6 is 0 Å². The zero-order valence-electron chi connectivity index (χ0n) is 19.5. The van der Waals surface area contributed by atoms with Gasteiger partial charge in [0.25, 0.3) is 11.8 Å².